The molecular formula is C19H26BNO7. The number of hydrogen-bond donors (Lipinski definition) is 2. The summed E-state index contributed by atoms with van der Waals surface area (Å²) >= 11 is 0. The number of carbonyl (C=O) groups is 3. The highest BCUT2D eigenvalue weighted by Crippen LogP contribution is 2.30. The fourth-order valence-electron chi connectivity index (χ4n) is 2.98. The highest BCUT2D eigenvalue weighted by Gasteiger charge is 2.36. The van der Waals surface area contributed by atoms with Crippen LogP contribution in [0.3, 0.4) is 0 Å². The van der Waals surface area contributed by atoms with Gasteiger partial charge in [-0.1, -0.05) is 18.2 Å². The number of ketones is 1. The van der Waals surface area contributed by atoms with Crippen molar-refractivity contribution < 1.29 is 33.5 Å². The van der Waals surface area contributed by atoms with Gasteiger partial charge in [0.15, 0.2) is 6.29 Å². The van der Waals surface area contributed by atoms with Crippen LogP contribution < -0.4 is 9.97 Å². The van der Waals surface area contributed by atoms with Crippen molar-refractivity contribution >= 4 is 24.8 Å². The molecule has 0 aliphatic carbocycles. The van der Waals surface area contributed by atoms with Crippen LogP contribution in [0.1, 0.15) is 51.2 Å². The zero-order valence-electron chi connectivity index (χ0n) is 16.4. The molecule has 1 amide bonds. The molecule has 1 aromatic carbocycles. The van der Waals surface area contributed by atoms with Crippen LogP contribution in [0.25, 0.3) is 0 Å². The lowest BCUT2D eigenvalue weighted by molar-refractivity contribution is -0.174. The first-order valence-electron chi connectivity index (χ1n) is 9.29. The number of nitrogens with one attached hydrogen (secondary N) is 1. The van der Waals surface area contributed by atoms with E-state index in [9.17, 15) is 19.4 Å². The Bertz CT molecular complexity index is 724. The fraction of sp³-hybridized carbons (Fsp3) is 0.526. The van der Waals surface area contributed by atoms with Gasteiger partial charge in [0.1, 0.15) is 11.5 Å². The van der Waals surface area contributed by atoms with Crippen LogP contribution in [0.15, 0.2) is 18.2 Å². The van der Waals surface area contributed by atoms with Crippen molar-refractivity contribution in [3.8, 4) is 5.75 Å². The van der Waals surface area contributed by atoms with Gasteiger partial charge < -0.3 is 29.3 Å². The SMILES string of the molecule is CC(=O)CCCC(=O)N[C@H]1Cc2cccc(COC(C)OC(C)=O)c2OB1O. The van der Waals surface area contributed by atoms with Crippen molar-refractivity contribution in [1.82, 2.24) is 5.32 Å². The number of para-hydroxylation sites is 1. The van der Waals surface area contributed by atoms with Gasteiger partial charge >= 0.3 is 13.1 Å². The first-order valence-corrected chi connectivity index (χ1v) is 9.29. The molecule has 28 heavy (non-hydrogen) atoms. The predicted octanol–water partition coefficient (Wildman–Crippen LogP) is 1.31. The molecule has 1 aliphatic heterocycles. The van der Waals surface area contributed by atoms with Crippen LogP contribution >= 0.6 is 0 Å². The second-order valence-electron chi connectivity index (χ2n) is 6.84. The number of carbonyl (C=O) groups excluding carboxylic acids is 3. The molecule has 0 saturated heterocycles. The van der Waals surface area contributed by atoms with Crippen LogP contribution in [0, 0.1) is 0 Å². The lowest BCUT2D eigenvalue weighted by Crippen LogP contribution is -2.53. The molecule has 9 heteroatoms. The van der Waals surface area contributed by atoms with Crippen LogP contribution in [0.5, 0.6) is 5.75 Å². The molecule has 0 saturated carbocycles. The summed E-state index contributed by atoms with van der Waals surface area (Å²) in [6, 6.07) is 5.49. The largest absolute Gasteiger partial charge is 0.547 e. The monoisotopic (exact) mass is 391 g/mol. The number of benzene rings is 1. The van der Waals surface area contributed by atoms with Gasteiger partial charge in [0.2, 0.25) is 5.91 Å². The molecular weight excluding hydrogens is 365 g/mol. The van der Waals surface area contributed by atoms with E-state index < -0.39 is 25.3 Å². The quantitative estimate of drug-likeness (QED) is 0.371. The zero-order chi connectivity index (χ0) is 20.7. The van der Waals surface area contributed by atoms with Gasteiger partial charge in [0.25, 0.3) is 0 Å². The first-order chi connectivity index (χ1) is 13.3. The molecule has 2 atom stereocenters. The minimum Gasteiger partial charge on any atom is -0.534 e. The number of fused-ring (bicyclic) bond motifs is 1. The summed E-state index contributed by atoms with van der Waals surface area (Å²) in [6.45, 7) is 4.55. The van der Waals surface area contributed by atoms with Gasteiger partial charge in [-0.15, -0.1) is 0 Å². The summed E-state index contributed by atoms with van der Waals surface area (Å²) < 4.78 is 16.0. The molecule has 8 nitrogen and oxygen atoms in total. The maximum Gasteiger partial charge on any atom is 0.547 e. The van der Waals surface area contributed by atoms with Crippen LogP contribution in [-0.2, 0) is 36.9 Å². The van der Waals surface area contributed by atoms with Gasteiger partial charge in [-0.3, -0.25) is 9.59 Å². The molecule has 0 aromatic heterocycles. The number of esters is 1. The molecule has 1 aromatic rings. The third-order valence-electron chi connectivity index (χ3n) is 4.29. The van der Waals surface area contributed by atoms with E-state index in [1.807, 2.05) is 12.1 Å². The van der Waals surface area contributed by atoms with Crippen molar-refractivity contribution in [2.45, 2.75) is 65.3 Å². The molecule has 0 radical (unpaired) electrons. The zero-order valence-corrected chi connectivity index (χ0v) is 16.4. The van der Waals surface area contributed by atoms with Crippen molar-refractivity contribution in [1.29, 1.82) is 0 Å². The lowest BCUT2D eigenvalue weighted by Gasteiger charge is -2.29. The molecule has 1 unspecified atom stereocenters. The molecule has 2 N–H and O–H groups in total. The minimum absolute atomic E-state index is 0.0422. The number of amides is 1. The summed E-state index contributed by atoms with van der Waals surface area (Å²) in [4.78, 5) is 33.9. The topological polar surface area (TPSA) is 111 Å². The Morgan fingerprint density at radius 1 is 1.32 bits per heavy atom. The van der Waals surface area contributed by atoms with E-state index in [0.29, 0.717) is 30.6 Å². The van der Waals surface area contributed by atoms with Crippen LogP contribution in [0.2, 0.25) is 0 Å². The first kappa shape index (κ1) is 21.9. The second-order valence-corrected chi connectivity index (χ2v) is 6.84. The molecule has 1 heterocycles. The van der Waals surface area contributed by atoms with Gasteiger partial charge in [-0.2, -0.15) is 0 Å². The van der Waals surface area contributed by atoms with E-state index in [-0.39, 0.29) is 24.7 Å². The Kier molecular flexibility index (Phi) is 8.01. The molecule has 0 bridgehead atoms. The standard InChI is InChI=1S/C19H26BNO7/c1-12(22)6-4-9-18(24)21-17-10-15-7-5-8-16(19(15)28-20(17)25)11-26-14(3)27-13(2)23/h5,7-8,14,17,25H,4,6,9-11H2,1-3H3,(H,21,24)/t14?,17-/m0/s1. The maximum atomic E-state index is 12.0. The Morgan fingerprint density at radius 2 is 2.07 bits per heavy atom. The van der Waals surface area contributed by atoms with Crippen LogP contribution in [0.4, 0.5) is 0 Å². The van der Waals surface area contributed by atoms with Crippen molar-refractivity contribution in [2.24, 2.45) is 0 Å². The van der Waals surface area contributed by atoms with Gasteiger partial charge in [-0.05, 0) is 32.3 Å². The number of hydrogen-bond acceptors (Lipinski definition) is 7. The molecule has 1 aliphatic rings. The summed E-state index contributed by atoms with van der Waals surface area (Å²) in [5.74, 6) is -0.690. The summed E-state index contributed by atoms with van der Waals surface area (Å²) in [5.41, 5.74) is 1.54. The maximum absolute atomic E-state index is 12.0. The Hall–Kier alpha value is -2.39. The van der Waals surface area contributed by atoms with Crippen molar-refractivity contribution in [3.63, 3.8) is 0 Å². The van der Waals surface area contributed by atoms with Crippen molar-refractivity contribution in [3.05, 3.63) is 29.3 Å². The van der Waals surface area contributed by atoms with Gasteiger partial charge in [0, 0.05) is 25.3 Å². The third-order valence-corrected chi connectivity index (χ3v) is 4.29. The normalized spacial score (nSPS) is 16.6. The van der Waals surface area contributed by atoms with Crippen molar-refractivity contribution in [2.75, 3.05) is 0 Å². The third kappa shape index (κ3) is 6.65. The van der Waals surface area contributed by atoms with E-state index in [0.717, 1.165) is 5.56 Å². The van der Waals surface area contributed by atoms with Gasteiger partial charge in [-0.25, -0.2) is 0 Å². The average Bonchev–Trinajstić information content (AvgIpc) is 2.59. The molecule has 152 valence electrons. The average molecular weight is 391 g/mol. The predicted molar refractivity (Wildman–Crippen MR) is 101 cm³/mol. The highest BCUT2D eigenvalue weighted by atomic mass is 16.7. The van der Waals surface area contributed by atoms with E-state index >= 15 is 0 Å². The van der Waals surface area contributed by atoms with E-state index in [1.165, 1.54) is 13.8 Å². The highest BCUT2D eigenvalue weighted by molar-refractivity contribution is 6.46. The van der Waals surface area contributed by atoms with E-state index in [2.05, 4.69) is 5.32 Å². The van der Waals surface area contributed by atoms with E-state index in [1.54, 1.807) is 13.0 Å². The Labute approximate surface area is 164 Å². The number of Topliss-reactive ketones (excluding diaryl/α,β-unsaturated/α-hetero) is 1. The molecule has 0 spiro atoms. The minimum atomic E-state index is -1.20. The number of ether oxygens (including phenoxy) is 2. The fourth-order valence-corrected chi connectivity index (χ4v) is 2.98. The number of rotatable bonds is 9. The lowest BCUT2D eigenvalue weighted by atomic mass is 9.72. The molecule has 0 fully saturated rings. The van der Waals surface area contributed by atoms with E-state index in [4.69, 9.17) is 14.1 Å². The summed E-state index contributed by atoms with van der Waals surface area (Å²) in [5, 5.41) is 13.1. The second kappa shape index (κ2) is 10.2. The molecule has 2 rings (SSSR count). The van der Waals surface area contributed by atoms with Gasteiger partial charge in [0.05, 0.1) is 12.5 Å². The summed E-state index contributed by atoms with van der Waals surface area (Å²) in [7, 11) is -1.20. The Balaban J connectivity index is 1.96. The summed E-state index contributed by atoms with van der Waals surface area (Å²) in [6.07, 6.45) is 0.752. The Morgan fingerprint density at radius 3 is 2.75 bits per heavy atom. The van der Waals surface area contributed by atoms with Crippen LogP contribution in [-0.4, -0.2) is 42.0 Å². The smallest absolute Gasteiger partial charge is 0.534 e.